The van der Waals surface area contributed by atoms with E-state index < -0.39 is 6.04 Å². The van der Waals surface area contributed by atoms with Crippen LogP contribution in [0.3, 0.4) is 0 Å². The lowest BCUT2D eigenvalue weighted by atomic mass is 9.95. The lowest BCUT2D eigenvalue weighted by molar-refractivity contribution is -0.142. The van der Waals surface area contributed by atoms with Crippen LogP contribution < -0.4 is 10.2 Å². The van der Waals surface area contributed by atoms with Crippen molar-refractivity contribution in [2.45, 2.75) is 25.9 Å². The number of hydrogen-bond donors (Lipinski definition) is 1. The van der Waals surface area contributed by atoms with Crippen LogP contribution in [-0.2, 0) is 14.4 Å². The highest BCUT2D eigenvalue weighted by Gasteiger charge is 2.49. The average Bonchev–Trinajstić information content (AvgIpc) is 2.77. The lowest BCUT2D eigenvalue weighted by Crippen LogP contribution is -2.48. The van der Waals surface area contributed by atoms with Crippen LogP contribution >= 0.6 is 0 Å². The summed E-state index contributed by atoms with van der Waals surface area (Å²) < 4.78 is 0. The van der Waals surface area contributed by atoms with Crippen LogP contribution in [-0.4, -0.2) is 48.3 Å². The fraction of sp³-hybridized carbons (Fsp3) is 0.353. The Hall–Kier alpha value is -2.63. The van der Waals surface area contributed by atoms with Gasteiger partial charge in [0.25, 0.3) is 11.8 Å². The molecule has 120 valence electrons. The van der Waals surface area contributed by atoms with Crippen LogP contribution in [0.15, 0.2) is 29.8 Å². The molecular weight excluding hydrogens is 294 g/mol. The molecule has 0 radical (unpaired) electrons. The Morgan fingerprint density at radius 2 is 1.96 bits per heavy atom. The van der Waals surface area contributed by atoms with Gasteiger partial charge in [-0.05, 0) is 31.6 Å². The van der Waals surface area contributed by atoms with Crippen molar-refractivity contribution in [3.05, 3.63) is 35.4 Å². The van der Waals surface area contributed by atoms with Crippen LogP contribution in [0.1, 0.15) is 19.4 Å². The van der Waals surface area contributed by atoms with E-state index in [-0.39, 0.29) is 30.3 Å². The maximum Gasteiger partial charge on any atom is 0.259 e. The summed E-state index contributed by atoms with van der Waals surface area (Å²) >= 11 is 0. The number of rotatable bonds is 3. The molecule has 0 aromatic heterocycles. The van der Waals surface area contributed by atoms with Crippen molar-refractivity contribution in [3.8, 4) is 0 Å². The van der Waals surface area contributed by atoms with Crippen LogP contribution in [0, 0.1) is 0 Å². The molecular formula is C17H19N3O3. The van der Waals surface area contributed by atoms with Crippen molar-refractivity contribution in [2.75, 3.05) is 18.5 Å². The number of benzene rings is 1. The molecule has 2 aliphatic heterocycles. The molecule has 2 heterocycles. The van der Waals surface area contributed by atoms with Crippen molar-refractivity contribution in [1.29, 1.82) is 0 Å². The van der Waals surface area contributed by atoms with Crippen LogP contribution in [0.25, 0.3) is 6.08 Å². The molecule has 1 aromatic carbocycles. The molecule has 1 saturated heterocycles. The zero-order valence-electron chi connectivity index (χ0n) is 13.4. The second-order valence-corrected chi connectivity index (χ2v) is 5.96. The van der Waals surface area contributed by atoms with E-state index in [0.29, 0.717) is 5.57 Å². The average molecular weight is 313 g/mol. The van der Waals surface area contributed by atoms with Gasteiger partial charge in [-0.2, -0.15) is 0 Å². The van der Waals surface area contributed by atoms with Gasteiger partial charge in [0.2, 0.25) is 5.91 Å². The Bertz CT molecular complexity index is 724. The number of para-hydroxylation sites is 1. The van der Waals surface area contributed by atoms with Gasteiger partial charge >= 0.3 is 0 Å². The van der Waals surface area contributed by atoms with Gasteiger partial charge in [0.05, 0.1) is 5.57 Å². The number of carbonyl (C=O) groups excluding carboxylic acids is 3. The molecule has 0 bridgehead atoms. The lowest BCUT2D eigenvalue weighted by Gasteiger charge is -2.37. The van der Waals surface area contributed by atoms with Crippen LogP contribution in [0.4, 0.5) is 5.69 Å². The first kappa shape index (κ1) is 15.3. The number of carbonyl (C=O) groups is 3. The number of hydrogen-bond acceptors (Lipinski definition) is 4. The zero-order valence-corrected chi connectivity index (χ0v) is 13.4. The minimum absolute atomic E-state index is 0.0431. The van der Waals surface area contributed by atoms with Crippen molar-refractivity contribution in [3.63, 3.8) is 0 Å². The number of fused-ring (bicyclic) bond motifs is 2. The maximum absolute atomic E-state index is 12.8. The topological polar surface area (TPSA) is 69.7 Å². The van der Waals surface area contributed by atoms with Gasteiger partial charge in [0, 0.05) is 18.8 Å². The Labute approximate surface area is 134 Å². The Kier molecular flexibility index (Phi) is 3.67. The van der Waals surface area contributed by atoms with Gasteiger partial charge in [0.15, 0.2) is 0 Å². The van der Waals surface area contributed by atoms with Gasteiger partial charge in [-0.1, -0.05) is 18.2 Å². The van der Waals surface area contributed by atoms with Crippen LogP contribution in [0.2, 0.25) is 0 Å². The number of amides is 3. The summed E-state index contributed by atoms with van der Waals surface area (Å²) in [7, 11) is 1.48. The molecule has 3 rings (SSSR count). The first-order valence-corrected chi connectivity index (χ1v) is 7.61. The predicted molar refractivity (Wildman–Crippen MR) is 86.6 cm³/mol. The van der Waals surface area contributed by atoms with E-state index in [0.717, 1.165) is 16.2 Å². The maximum atomic E-state index is 12.8. The highest BCUT2D eigenvalue weighted by atomic mass is 16.2. The molecule has 0 saturated carbocycles. The second-order valence-electron chi connectivity index (χ2n) is 5.96. The molecule has 2 aliphatic rings. The summed E-state index contributed by atoms with van der Waals surface area (Å²) in [6.07, 6.45) is 1.77. The predicted octanol–water partition coefficient (Wildman–Crippen LogP) is 0.782. The van der Waals surface area contributed by atoms with E-state index in [4.69, 9.17) is 0 Å². The van der Waals surface area contributed by atoms with E-state index >= 15 is 0 Å². The van der Waals surface area contributed by atoms with Crippen molar-refractivity contribution < 1.29 is 14.4 Å². The minimum Gasteiger partial charge on any atom is -0.358 e. The van der Waals surface area contributed by atoms with E-state index in [1.165, 1.54) is 7.05 Å². The summed E-state index contributed by atoms with van der Waals surface area (Å²) in [5.74, 6) is -1.09. The largest absolute Gasteiger partial charge is 0.358 e. The summed E-state index contributed by atoms with van der Waals surface area (Å²) in [5, 5.41) is 2.45. The standard InChI is InChI=1S/C17H19N3O3/c1-10(2)20-13-7-5-4-6-11(13)8-12-15(20)17(23)19(16(12)22)9-14(21)18-3/h4-8,10,15H,9H2,1-3H3,(H,18,21). The van der Waals surface area contributed by atoms with Crippen molar-refractivity contribution in [1.82, 2.24) is 10.2 Å². The molecule has 1 fully saturated rings. The monoisotopic (exact) mass is 313 g/mol. The van der Waals surface area contributed by atoms with E-state index in [1.54, 1.807) is 6.08 Å². The molecule has 1 atom stereocenters. The summed E-state index contributed by atoms with van der Waals surface area (Å²) in [6.45, 7) is 3.72. The number of anilines is 1. The van der Waals surface area contributed by atoms with E-state index in [2.05, 4.69) is 5.32 Å². The summed E-state index contributed by atoms with van der Waals surface area (Å²) in [4.78, 5) is 40.0. The molecule has 1 aromatic rings. The third-order valence-electron chi connectivity index (χ3n) is 4.23. The first-order chi connectivity index (χ1) is 11.0. The molecule has 3 amide bonds. The summed E-state index contributed by atoms with van der Waals surface area (Å²) in [6, 6.07) is 7.08. The van der Waals surface area contributed by atoms with Gasteiger partial charge < -0.3 is 10.2 Å². The van der Waals surface area contributed by atoms with Crippen molar-refractivity contribution in [2.24, 2.45) is 0 Å². The Morgan fingerprint density at radius 1 is 1.26 bits per heavy atom. The van der Waals surface area contributed by atoms with E-state index in [9.17, 15) is 14.4 Å². The van der Waals surface area contributed by atoms with Gasteiger partial charge in [-0.3, -0.25) is 19.3 Å². The quantitative estimate of drug-likeness (QED) is 0.837. The smallest absolute Gasteiger partial charge is 0.259 e. The molecule has 23 heavy (non-hydrogen) atoms. The van der Waals surface area contributed by atoms with E-state index in [1.807, 2.05) is 43.0 Å². The highest BCUT2D eigenvalue weighted by Crippen LogP contribution is 2.38. The third-order valence-corrected chi connectivity index (χ3v) is 4.23. The SMILES string of the molecule is CNC(=O)CN1C(=O)C2=Cc3ccccc3N(C(C)C)C2C1=O. The first-order valence-electron chi connectivity index (χ1n) is 7.61. The highest BCUT2D eigenvalue weighted by molar-refractivity contribution is 6.22. The molecule has 6 nitrogen and oxygen atoms in total. The molecule has 0 spiro atoms. The summed E-state index contributed by atoms with van der Waals surface area (Å²) in [5.41, 5.74) is 2.28. The number of likely N-dealkylation sites (N-methyl/N-ethyl adjacent to an activating group) is 1. The normalized spacial score (nSPS) is 19.7. The minimum atomic E-state index is -0.651. The Morgan fingerprint density at radius 3 is 2.61 bits per heavy atom. The number of nitrogens with one attached hydrogen (secondary N) is 1. The van der Waals surface area contributed by atoms with Gasteiger partial charge in [0.1, 0.15) is 12.6 Å². The molecule has 1 N–H and O–H groups in total. The fourth-order valence-corrected chi connectivity index (χ4v) is 3.16. The van der Waals surface area contributed by atoms with Gasteiger partial charge in [-0.25, -0.2) is 0 Å². The zero-order chi connectivity index (χ0) is 16.7. The Balaban J connectivity index is 2.07. The number of likely N-dealkylation sites (tertiary alicyclic amines) is 1. The van der Waals surface area contributed by atoms with Crippen LogP contribution in [0.5, 0.6) is 0 Å². The molecule has 0 aliphatic carbocycles. The number of nitrogens with zero attached hydrogens (tertiary/aromatic N) is 2. The van der Waals surface area contributed by atoms with Crippen molar-refractivity contribution >= 4 is 29.5 Å². The van der Waals surface area contributed by atoms with Gasteiger partial charge in [-0.15, -0.1) is 0 Å². The molecule has 6 heteroatoms. The number of imide groups is 1. The second kappa shape index (κ2) is 5.53. The third kappa shape index (κ3) is 2.30. The molecule has 1 unspecified atom stereocenters. The fourth-order valence-electron chi connectivity index (χ4n) is 3.16.